The lowest BCUT2D eigenvalue weighted by Crippen LogP contribution is -1.93. The number of hydrogen-bond donors (Lipinski definition) is 2. The van der Waals surface area contributed by atoms with E-state index in [0.29, 0.717) is 5.41 Å². The van der Waals surface area contributed by atoms with Crippen molar-refractivity contribution in [1.82, 2.24) is 0 Å². The number of aliphatic hydroxyl groups is 1. The molecular formula is C9H27NO. The summed E-state index contributed by atoms with van der Waals surface area (Å²) >= 11 is 0. The van der Waals surface area contributed by atoms with Crippen LogP contribution in [0, 0.1) is 5.41 Å². The highest BCUT2D eigenvalue weighted by molar-refractivity contribution is 4.47. The SMILES string of the molecule is CC(C)(C)C.CCCN.CO.[HH]. The van der Waals surface area contributed by atoms with Crippen molar-refractivity contribution < 1.29 is 6.53 Å². The topological polar surface area (TPSA) is 46.2 Å². The van der Waals surface area contributed by atoms with Crippen LogP contribution in [0.3, 0.4) is 0 Å². The Hall–Kier alpha value is -0.0800. The van der Waals surface area contributed by atoms with Crippen molar-refractivity contribution in [2.24, 2.45) is 11.1 Å². The summed E-state index contributed by atoms with van der Waals surface area (Å²) in [5, 5.41) is 7.00. The van der Waals surface area contributed by atoms with Crippen LogP contribution in [0.15, 0.2) is 0 Å². The third-order valence-corrected chi connectivity index (χ3v) is 0.289. The highest BCUT2D eigenvalue weighted by Gasteiger charge is 1.95. The van der Waals surface area contributed by atoms with Gasteiger partial charge in [-0.25, -0.2) is 0 Å². The Morgan fingerprint density at radius 2 is 1.27 bits per heavy atom. The van der Waals surface area contributed by atoms with Gasteiger partial charge < -0.3 is 10.8 Å². The molecular weight excluding hydrogens is 138 g/mol. The molecule has 3 N–H and O–H groups in total. The van der Waals surface area contributed by atoms with Crippen LogP contribution in [-0.2, 0) is 0 Å². The molecule has 0 radical (unpaired) electrons. The lowest BCUT2D eigenvalue weighted by molar-refractivity contribution is 0.399. The van der Waals surface area contributed by atoms with Crippen LogP contribution in [0.5, 0.6) is 0 Å². The summed E-state index contributed by atoms with van der Waals surface area (Å²) in [4.78, 5) is 0. The van der Waals surface area contributed by atoms with Gasteiger partial charge >= 0.3 is 0 Å². The lowest BCUT2D eigenvalue weighted by Gasteiger charge is -2.05. The van der Waals surface area contributed by atoms with E-state index in [2.05, 4.69) is 34.6 Å². The highest BCUT2D eigenvalue weighted by Crippen LogP contribution is 2.07. The predicted molar refractivity (Wildman–Crippen MR) is 54.7 cm³/mol. The summed E-state index contributed by atoms with van der Waals surface area (Å²) in [6.45, 7) is 11.6. The van der Waals surface area contributed by atoms with Crippen LogP contribution in [0.25, 0.3) is 0 Å². The average Bonchev–Trinajstić information content (AvgIpc) is 1.89. The van der Waals surface area contributed by atoms with E-state index in [-0.39, 0.29) is 1.43 Å². The quantitative estimate of drug-likeness (QED) is 0.626. The second-order valence-electron chi connectivity index (χ2n) is 3.79. The first kappa shape index (κ1) is 17.1. The minimum absolute atomic E-state index is 0. The maximum Gasteiger partial charge on any atom is 0.0319 e. The zero-order valence-electron chi connectivity index (χ0n) is 8.94. The van der Waals surface area contributed by atoms with Crippen molar-refractivity contribution in [3.63, 3.8) is 0 Å². The molecule has 2 nitrogen and oxygen atoms in total. The summed E-state index contributed by atoms with van der Waals surface area (Å²) in [5.74, 6) is 0. The molecule has 0 spiro atoms. The van der Waals surface area contributed by atoms with Crippen molar-refractivity contribution in [1.29, 1.82) is 0 Å². The molecule has 74 valence electrons. The predicted octanol–water partition coefficient (Wildman–Crippen LogP) is 2.26. The van der Waals surface area contributed by atoms with Crippen LogP contribution in [0.2, 0.25) is 0 Å². The molecule has 0 aliphatic rings. The molecule has 11 heavy (non-hydrogen) atoms. The Balaban J connectivity index is -0.0000000419. The molecule has 0 unspecified atom stereocenters. The van der Waals surface area contributed by atoms with E-state index in [9.17, 15) is 0 Å². The number of aliphatic hydroxyl groups excluding tert-OH is 1. The van der Waals surface area contributed by atoms with E-state index in [4.69, 9.17) is 10.8 Å². The van der Waals surface area contributed by atoms with Crippen molar-refractivity contribution in [2.45, 2.75) is 41.0 Å². The zero-order chi connectivity index (χ0) is 9.91. The van der Waals surface area contributed by atoms with Gasteiger partial charge in [-0.15, -0.1) is 0 Å². The van der Waals surface area contributed by atoms with Gasteiger partial charge in [-0.05, 0) is 18.4 Å². The maximum atomic E-state index is 7.00. The molecule has 0 atom stereocenters. The third kappa shape index (κ3) is 735. The Labute approximate surface area is 73.3 Å². The van der Waals surface area contributed by atoms with Crippen LogP contribution < -0.4 is 5.73 Å². The minimum atomic E-state index is 0. The molecule has 0 aromatic carbocycles. The Kier molecular flexibility index (Phi) is 19.6. The molecule has 0 bridgehead atoms. The van der Waals surface area contributed by atoms with Crippen molar-refractivity contribution in [3.8, 4) is 0 Å². The molecule has 0 fully saturated rings. The summed E-state index contributed by atoms with van der Waals surface area (Å²) in [6, 6.07) is 0. The second-order valence-corrected chi connectivity index (χ2v) is 3.79. The maximum absolute atomic E-state index is 7.00. The van der Waals surface area contributed by atoms with Crippen LogP contribution in [-0.4, -0.2) is 18.8 Å². The standard InChI is InChI=1S/C5H12.C3H9N.CH4O.H2/c1-5(2,3)4;1-2-3-4;1-2;/h1-4H3;2-4H2,1H3;2H,1H3;1H. The summed E-state index contributed by atoms with van der Waals surface area (Å²) in [5.41, 5.74) is 5.53. The van der Waals surface area contributed by atoms with Crippen LogP contribution in [0.4, 0.5) is 0 Å². The first-order valence-electron chi connectivity index (χ1n) is 4.06. The van der Waals surface area contributed by atoms with Gasteiger partial charge in [0.1, 0.15) is 0 Å². The van der Waals surface area contributed by atoms with Crippen LogP contribution >= 0.6 is 0 Å². The van der Waals surface area contributed by atoms with E-state index < -0.39 is 0 Å². The molecule has 0 heterocycles. The molecule has 0 aliphatic heterocycles. The van der Waals surface area contributed by atoms with Gasteiger partial charge in [0.05, 0.1) is 0 Å². The molecule has 0 saturated carbocycles. The Morgan fingerprint density at radius 3 is 1.27 bits per heavy atom. The Morgan fingerprint density at radius 1 is 1.18 bits per heavy atom. The number of hydrogen-bond acceptors (Lipinski definition) is 2. The summed E-state index contributed by atoms with van der Waals surface area (Å²) in [7, 11) is 1.00. The van der Waals surface area contributed by atoms with Crippen molar-refractivity contribution >= 4 is 0 Å². The first-order chi connectivity index (χ1) is 4.91. The molecule has 0 aromatic rings. The molecule has 0 rings (SSSR count). The Bertz CT molecular complexity index is 45.0. The highest BCUT2D eigenvalue weighted by atomic mass is 16.2. The monoisotopic (exact) mass is 165 g/mol. The van der Waals surface area contributed by atoms with Crippen molar-refractivity contribution in [2.75, 3.05) is 13.7 Å². The lowest BCUT2D eigenvalue weighted by atomic mass is 10.0. The smallest absolute Gasteiger partial charge is 0.0319 e. The molecule has 0 saturated heterocycles. The van der Waals surface area contributed by atoms with E-state index in [1.807, 2.05) is 0 Å². The fourth-order valence-electron chi connectivity index (χ4n) is 0. The fourth-order valence-corrected chi connectivity index (χ4v) is 0. The van der Waals surface area contributed by atoms with Crippen LogP contribution in [0.1, 0.15) is 42.5 Å². The van der Waals surface area contributed by atoms with Gasteiger partial charge in [0.25, 0.3) is 0 Å². The molecule has 0 aliphatic carbocycles. The van der Waals surface area contributed by atoms with Gasteiger partial charge in [-0.2, -0.15) is 0 Å². The fraction of sp³-hybridized carbons (Fsp3) is 1.00. The van der Waals surface area contributed by atoms with E-state index >= 15 is 0 Å². The molecule has 0 amide bonds. The van der Waals surface area contributed by atoms with E-state index in [1.54, 1.807) is 0 Å². The van der Waals surface area contributed by atoms with E-state index in [0.717, 1.165) is 20.1 Å². The molecule has 2 heteroatoms. The van der Waals surface area contributed by atoms with Gasteiger partial charge in [0.15, 0.2) is 0 Å². The van der Waals surface area contributed by atoms with Gasteiger partial charge in [0, 0.05) is 8.54 Å². The zero-order valence-corrected chi connectivity index (χ0v) is 8.94. The van der Waals surface area contributed by atoms with Gasteiger partial charge in [-0.1, -0.05) is 34.6 Å². The first-order valence-corrected chi connectivity index (χ1v) is 4.06. The summed E-state index contributed by atoms with van der Waals surface area (Å²) < 4.78 is 0. The third-order valence-electron chi connectivity index (χ3n) is 0.289. The summed E-state index contributed by atoms with van der Waals surface area (Å²) in [6.07, 6.45) is 1.10. The second kappa shape index (κ2) is 12.6. The normalized spacial score (nSPS) is 8.73. The van der Waals surface area contributed by atoms with Crippen molar-refractivity contribution in [3.05, 3.63) is 0 Å². The number of nitrogens with two attached hydrogens (primary N) is 1. The van der Waals surface area contributed by atoms with E-state index in [1.165, 1.54) is 0 Å². The molecule has 0 aromatic heterocycles. The van der Waals surface area contributed by atoms with Gasteiger partial charge in [0.2, 0.25) is 0 Å². The average molecular weight is 165 g/mol. The van der Waals surface area contributed by atoms with Gasteiger partial charge in [-0.3, -0.25) is 0 Å². The minimum Gasteiger partial charge on any atom is -0.400 e. The largest absolute Gasteiger partial charge is 0.400 e. The number of rotatable bonds is 1.